The number of hydrogen-bond acceptors (Lipinski definition) is 2. The molecule has 0 aliphatic rings. The minimum absolute atomic E-state index is 0.644. The Morgan fingerprint density at radius 3 is 1.52 bits per heavy atom. The molecule has 4 nitrogen and oxygen atoms in total. The van der Waals surface area contributed by atoms with E-state index in [0.29, 0.717) is 5.95 Å². The van der Waals surface area contributed by atoms with Crippen molar-refractivity contribution in [1.82, 2.24) is 19.1 Å². The van der Waals surface area contributed by atoms with Gasteiger partial charge in [-0.1, -0.05) is 164 Å². The van der Waals surface area contributed by atoms with E-state index in [-0.39, 0.29) is 0 Å². The fraction of sp³-hybridized carbons (Fsp3) is 0. The molecule has 0 aliphatic carbocycles. The molecule has 0 unspecified atom stereocenters. The van der Waals surface area contributed by atoms with Crippen LogP contribution in [0.3, 0.4) is 0 Å². The standard InChI is InChI=1S/C54H34N4/c1-2-14-35(15-3-1)36-26-28-38(29-27-36)52-45-21-6-10-22-47(45)55-54(56-52)58-50-25-13-9-20-44(50)46-34-39-16-4-5-17-41(39)51(53(46)58)37-30-32-40(33-31-37)57-48-23-11-7-18-42(48)43-19-8-12-24-49(43)57/h1-34H. The van der Waals surface area contributed by atoms with E-state index in [4.69, 9.17) is 9.97 Å². The SMILES string of the molecule is c1ccc(-c2ccc(-c3nc(-n4c5ccccc5c5cc6ccccc6c(-c6ccc(-n7c8ccccc8c8ccccc87)cc6)c54)nc4ccccc34)cc2)cc1. The molecule has 0 spiro atoms. The summed E-state index contributed by atoms with van der Waals surface area (Å²) >= 11 is 0. The van der Waals surface area contributed by atoms with E-state index in [1.165, 1.54) is 49.1 Å². The molecule has 0 saturated heterocycles. The zero-order valence-electron chi connectivity index (χ0n) is 31.4. The van der Waals surface area contributed by atoms with Gasteiger partial charge in [-0.2, -0.15) is 0 Å². The molecule has 0 radical (unpaired) electrons. The fourth-order valence-electron chi connectivity index (χ4n) is 9.10. The second-order valence-electron chi connectivity index (χ2n) is 15.0. The maximum atomic E-state index is 5.49. The molecule has 9 aromatic carbocycles. The van der Waals surface area contributed by atoms with Crippen LogP contribution in [0.2, 0.25) is 0 Å². The summed E-state index contributed by atoms with van der Waals surface area (Å²) in [6, 6.07) is 73.8. The van der Waals surface area contributed by atoms with Crippen LogP contribution in [0, 0.1) is 0 Å². The first-order chi connectivity index (χ1) is 28.8. The topological polar surface area (TPSA) is 35.6 Å². The van der Waals surface area contributed by atoms with Gasteiger partial charge >= 0.3 is 0 Å². The van der Waals surface area contributed by atoms with Crippen molar-refractivity contribution in [3.05, 3.63) is 206 Å². The smallest absolute Gasteiger partial charge is 0.235 e. The molecule has 0 atom stereocenters. The van der Waals surface area contributed by atoms with Crippen molar-refractivity contribution in [2.75, 3.05) is 0 Å². The van der Waals surface area contributed by atoms with E-state index in [1.54, 1.807) is 0 Å². The third-order valence-electron chi connectivity index (χ3n) is 11.7. The van der Waals surface area contributed by atoms with Gasteiger partial charge in [0.2, 0.25) is 5.95 Å². The minimum Gasteiger partial charge on any atom is -0.309 e. The molecular formula is C54H34N4. The lowest BCUT2D eigenvalue weighted by Crippen LogP contribution is -2.04. The highest BCUT2D eigenvalue weighted by atomic mass is 15.2. The second kappa shape index (κ2) is 12.9. The number of rotatable bonds is 5. The summed E-state index contributed by atoms with van der Waals surface area (Å²) in [5, 5.41) is 8.23. The lowest BCUT2D eigenvalue weighted by molar-refractivity contribution is 1.01. The quantitative estimate of drug-likeness (QED) is 0.176. The van der Waals surface area contributed by atoms with Crippen molar-refractivity contribution >= 4 is 65.3 Å². The van der Waals surface area contributed by atoms with E-state index in [1.807, 2.05) is 0 Å². The summed E-state index contributed by atoms with van der Waals surface area (Å²) in [7, 11) is 0. The van der Waals surface area contributed by atoms with Gasteiger partial charge in [0.05, 0.1) is 33.3 Å². The summed E-state index contributed by atoms with van der Waals surface area (Å²) in [5.41, 5.74) is 13.2. The summed E-state index contributed by atoms with van der Waals surface area (Å²) in [4.78, 5) is 10.8. The first kappa shape index (κ1) is 32.4. The second-order valence-corrected chi connectivity index (χ2v) is 15.0. The van der Waals surface area contributed by atoms with Crippen molar-refractivity contribution in [1.29, 1.82) is 0 Å². The van der Waals surface area contributed by atoms with Crippen LogP contribution < -0.4 is 0 Å². The molecule has 3 aromatic heterocycles. The predicted molar refractivity (Wildman–Crippen MR) is 242 cm³/mol. The molecule has 0 bridgehead atoms. The molecule has 12 aromatic rings. The Bertz CT molecular complexity index is 3490. The van der Waals surface area contributed by atoms with Gasteiger partial charge in [0.15, 0.2) is 0 Å². The largest absolute Gasteiger partial charge is 0.309 e. The average Bonchev–Trinajstić information content (AvgIpc) is 3.81. The van der Waals surface area contributed by atoms with Gasteiger partial charge in [0, 0.05) is 43.7 Å². The van der Waals surface area contributed by atoms with Crippen LogP contribution >= 0.6 is 0 Å². The van der Waals surface area contributed by atoms with Crippen molar-refractivity contribution in [2.45, 2.75) is 0 Å². The highest BCUT2D eigenvalue weighted by Gasteiger charge is 2.22. The summed E-state index contributed by atoms with van der Waals surface area (Å²) in [5.74, 6) is 0.644. The van der Waals surface area contributed by atoms with Gasteiger partial charge in [0.25, 0.3) is 0 Å². The first-order valence-corrected chi connectivity index (χ1v) is 19.8. The number of fused-ring (bicyclic) bond motifs is 8. The number of benzene rings is 9. The lowest BCUT2D eigenvalue weighted by Gasteiger charge is -2.16. The molecule has 4 heteroatoms. The zero-order chi connectivity index (χ0) is 38.2. The lowest BCUT2D eigenvalue weighted by atomic mass is 9.94. The summed E-state index contributed by atoms with van der Waals surface area (Å²) in [6.45, 7) is 0. The van der Waals surface area contributed by atoms with Crippen molar-refractivity contribution in [3.63, 3.8) is 0 Å². The molecule has 58 heavy (non-hydrogen) atoms. The van der Waals surface area contributed by atoms with Crippen molar-refractivity contribution < 1.29 is 0 Å². The highest BCUT2D eigenvalue weighted by Crippen LogP contribution is 2.43. The number of aromatic nitrogens is 4. The van der Waals surface area contributed by atoms with Crippen molar-refractivity contribution in [3.8, 4) is 45.1 Å². The van der Waals surface area contributed by atoms with Crippen LogP contribution in [-0.2, 0) is 0 Å². The van der Waals surface area contributed by atoms with Crippen LogP contribution in [0.25, 0.3) is 110 Å². The van der Waals surface area contributed by atoms with Crippen molar-refractivity contribution in [2.24, 2.45) is 0 Å². The van der Waals surface area contributed by atoms with E-state index in [0.717, 1.165) is 55.4 Å². The summed E-state index contributed by atoms with van der Waals surface area (Å²) < 4.78 is 4.67. The van der Waals surface area contributed by atoms with E-state index < -0.39 is 0 Å². The molecule has 0 saturated carbocycles. The van der Waals surface area contributed by atoms with E-state index in [9.17, 15) is 0 Å². The molecule has 0 N–H and O–H groups in total. The monoisotopic (exact) mass is 738 g/mol. The van der Waals surface area contributed by atoms with E-state index in [2.05, 4.69) is 215 Å². The maximum Gasteiger partial charge on any atom is 0.235 e. The minimum atomic E-state index is 0.644. The molecule has 3 heterocycles. The Kier molecular flexibility index (Phi) is 7.20. The van der Waals surface area contributed by atoms with Gasteiger partial charge in [0.1, 0.15) is 0 Å². The summed E-state index contributed by atoms with van der Waals surface area (Å²) in [6.07, 6.45) is 0. The molecule has 12 rings (SSSR count). The van der Waals surface area contributed by atoms with Crippen LogP contribution in [0.5, 0.6) is 0 Å². The molecule has 0 amide bonds. The van der Waals surface area contributed by atoms with Gasteiger partial charge in [-0.25, -0.2) is 9.97 Å². The average molecular weight is 739 g/mol. The van der Waals surface area contributed by atoms with Gasteiger partial charge in [-0.05, 0) is 69.9 Å². The zero-order valence-corrected chi connectivity index (χ0v) is 31.4. The number of nitrogens with zero attached hydrogens (tertiary/aromatic N) is 4. The fourth-order valence-corrected chi connectivity index (χ4v) is 9.10. The normalized spacial score (nSPS) is 11.8. The number of para-hydroxylation sites is 4. The Morgan fingerprint density at radius 1 is 0.328 bits per heavy atom. The maximum absolute atomic E-state index is 5.49. The first-order valence-electron chi connectivity index (χ1n) is 19.8. The van der Waals surface area contributed by atoms with Crippen LogP contribution in [0.15, 0.2) is 206 Å². The predicted octanol–water partition coefficient (Wildman–Crippen LogP) is 14.0. The highest BCUT2D eigenvalue weighted by molar-refractivity contribution is 6.21. The molecular weight excluding hydrogens is 705 g/mol. The van der Waals surface area contributed by atoms with Gasteiger partial charge in [-0.15, -0.1) is 0 Å². The van der Waals surface area contributed by atoms with Gasteiger partial charge < -0.3 is 4.57 Å². The molecule has 0 aliphatic heterocycles. The van der Waals surface area contributed by atoms with E-state index >= 15 is 0 Å². The van der Waals surface area contributed by atoms with Crippen LogP contribution in [0.1, 0.15) is 0 Å². The van der Waals surface area contributed by atoms with Crippen LogP contribution in [0.4, 0.5) is 0 Å². The Labute approximate surface area is 334 Å². The third kappa shape index (κ3) is 4.95. The molecule has 0 fully saturated rings. The Morgan fingerprint density at radius 2 is 0.828 bits per heavy atom. The third-order valence-corrected chi connectivity index (χ3v) is 11.7. The molecule has 270 valence electrons. The van der Waals surface area contributed by atoms with Gasteiger partial charge in [-0.3, -0.25) is 4.57 Å². The Balaban J connectivity index is 1.11. The Hall–Kier alpha value is -7.82. The van der Waals surface area contributed by atoms with Crippen LogP contribution in [-0.4, -0.2) is 19.1 Å². The number of hydrogen-bond donors (Lipinski definition) is 0.